The van der Waals surface area contributed by atoms with Crippen LogP contribution in [-0.4, -0.2) is 78.7 Å². The van der Waals surface area contributed by atoms with E-state index >= 15 is 0 Å². The predicted molar refractivity (Wildman–Crippen MR) is 163 cm³/mol. The lowest BCUT2D eigenvalue weighted by Gasteiger charge is -2.39. The first-order valence-electron chi connectivity index (χ1n) is 15.2. The monoisotopic (exact) mass is 584 g/mol. The Kier molecular flexibility index (Phi) is 9.21. The third kappa shape index (κ3) is 6.85. The Bertz CT molecular complexity index is 1350. The highest BCUT2D eigenvalue weighted by Gasteiger charge is 2.45. The second-order valence-electron chi connectivity index (χ2n) is 11.5. The van der Waals surface area contributed by atoms with E-state index < -0.39 is 0 Å². The Morgan fingerprint density at radius 1 is 0.860 bits per heavy atom. The predicted octanol–water partition coefficient (Wildman–Crippen LogP) is 5.39. The first kappa shape index (κ1) is 29.2. The Balaban J connectivity index is 1.04. The number of amides is 3. The summed E-state index contributed by atoms with van der Waals surface area (Å²) in [6.45, 7) is 5.00. The molecule has 0 bridgehead atoms. The van der Waals surface area contributed by atoms with Crippen LogP contribution in [0, 0.1) is 0 Å². The molecule has 1 N–H and O–H groups in total. The van der Waals surface area contributed by atoms with E-state index in [4.69, 9.17) is 9.47 Å². The lowest BCUT2D eigenvalue weighted by molar-refractivity contribution is 0.0493. The first-order chi connectivity index (χ1) is 21.1. The van der Waals surface area contributed by atoms with Gasteiger partial charge >= 0.3 is 6.03 Å². The fraction of sp³-hybridized carbons (Fsp3) is 0.412. The number of hydroxylamine groups is 1. The van der Waals surface area contributed by atoms with E-state index in [1.807, 2.05) is 18.2 Å². The minimum atomic E-state index is -0.303. The number of ether oxygens (including phenoxy) is 2. The van der Waals surface area contributed by atoms with Gasteiger partial charge in [-0.1, -0.05) is 42.5 Å². The van der Waals surface area contributed by atoms with E-state index in [2.05, 4.69) is 61.4 Å². The van der Waals surface area contributed by atoms with Gasteiger partial charge in [0.05, 0.1) is 13.2 Å². The van der Waals surface area contributed by atoms with Crippen LogP contribution in [0.5, 0.6) is 11.5 Å². The molecule has 0 spiro atoms. The maximum Gasteiger partial charge on any atom is 0.321 e. The van der Waals surface area contributed by atoms with E-state index in [9.17, 15) is 9.59 Å². The van der Waals surface area contributed by atoms with Gasteiger partial charge in [-0.25, -0.2) is 10.3 Å². The molecule has 3 aliphatic heterocycles. The Hall–Kier alpha value is -3.92. The van der Waals surface area contributed by atoms with Crippen LogP contribution in [0.1, 0.15) is 53.2 Å². The van der Waals surface area contributed by atoms with Crippen molar-refractivity contribution >= 4 is 11.9 Å². The van der Waals surface area contributed by atoms with Crippen LogP contribution < -0.4 is 10.2 Å². The fourth-order valence-electron chi connectivity index (χ4n) is 6.53. The molecule has 9 nitrogen and oxygen atoms in total. The number of rotatable bonds is 9. The van der Waals surface area contributed by atoms with Crippen molar-refractivity contribution in [1.29, 1.82) is 0 Å². The minimum Gasteiger partial charge on any atom is -0.457 e. The Morgan fingerprint density at radius 2 is 1.51 bits per heavy atom. The van der Waals surface area contributed by atoms with Crippen molar-refractivity contribution < 1.29 is 23.9 Å². The quantitative estimate of drug-likeness (QED) is 0.340. The second-order valence-corrected chi connectivity index (χ2v) is 11.5. The molecular formula is C34H40N4O5. The molecule has 6 rings (SSSR count). The van der Waals surface area contributed by atoms with Gasteiger partial charge in [0, 0.05) is 57.0 Å². The molecule has 43 heavy (non-hydrogen) atoms. The van der Waals surface area contributed by atoms with Gasteiger partial charge in [-0.05, 0) is 73.2 Å². The number of hydrogen-bond donors (Lipinski definition) is 1. The van der Waals surface area contributed by atoms with E-state index in [0.29, 0.717) is 11.3 Å². The number of hydrogen-bond acceptors (Lipinski definition) is 6. The van der Waals surface area contributed by atoms with Crippen molar-refractivity contribution in [1.82, 2.24) is 20.2 Å². The number of carbonyl (C=O) groups is 2. The molecule has 0 aromatic heterocycles. The Morgan fingerprint density at radius 3 is 2.16 bits per heavy atom. The minimum absolute atomic E-state index is 0.0966. The number of piperidine rings is 1. The van der Waals surface area contributed by atoms with Crippen molar-refractivity contribution in [3.05, 3.63) is 95.6 Å². The summed E-state index contributed by atoms with van der Waals surface area (Å²) in [6, 6.07) is 26.4. The van der Waals surface area contributed by atoms with Crippen LogP contribution >= 0.6 is 0 Å². The Labute approximate surface area is 253 Å². The van der Waals surface area contributed by atoms with Gasteiger partial charge in [-0.15, -0.1) is 0 Å². The highest BCUT2D eigenvalue weighted by atomic mass is 16.6. The van der Waals surface area contributed by atoms with Gasteiger partial charge in [0.2, 0.25) is 0 Å². The zero-order valence-electron chi connectivity index (χ0n) is 24.7. The standard InChI is InChI=1S/C34H40N4O5/c1-41-35-33(39)27-9-13-31(14-10-27)43-30-11-7-25(8-12-30)23-36-19-15-29(16-20-36)38-32(26-5-3-2-4-6-26)24-37(34(38)40)28-17-21-42-22-18-28/h2-14,28-29,32H,15-24H2,1H3,(H,35,39)/t32-/m0/s1. The molecule has 0 radical (unpaired) electrons. The van der Waals surface area contributed by atoms with E-state index in [1.54, 1.807) is 24.3 Å². The molecule has 0 aliphatic carbocycles. The molecule has 0 unspecified atom stereocenters. The van der Waals surface area contributed by atoms with Crippen LogP contribution in [0.25, 0.3) is 0 Å². The summed E-state index contributed by atoms with van der Waals surface area (Å²) in [5, 5.41) is 0. The smallest absolute Gasteiger partial charge is 0.321 e. The maximum atomic E-state index is 13.9. The number of likely N-dealkylation sites (tertiary alicyclic amines) is 1. The average Bonchev–Trinajstić information content (AvgIpc) is 3.40. The number of carbonyl (C=O) groups excluding carboxylic acids is 2. The number of urea groups is 1. The van der Waals surface area contributed by atoms with E-state index in [0.717, 1.165) is 70.8 Å². The SMILES string of the molecule is CONC(=O)c1ccc(Oc2ccc(CN3CCC(N4C(=O)N(C5CCOCC5)C[C@H]4c4ccccc4)CC3)cc2)cc1. The van der Waals surface area contributed by atoms with Crippen LogP contribution in [-0.2, 0) is 16.1 Å². The number of nitrogens with zero attached hydrogens (tertiary/aromatic N) is 3. The number of benzene rings is 3. The van der Waals surface area contributed by atoms with Crippen molar-refractivity contribution in [2.45, 2.75) is 50.4 Å². The molecule has 1 atom stereocenters. The van der Waals surface area contributed by atoms with Crippen LogP contribution in [0.4, 0.5) is 4.79 Å². The summed E-state index contributed by atoms with van der Waals surface area (Å²) in [4.78, 5) is 37.2. The van der Waals surface area contributed by atoms with Gasteiger partial charge < -0.3 is 19.3 Å². The molecule has 0 saturated carbocycles. The normalized spacial score (nSPS) is 20.4. The zero-order valence-corrected chi connectivity index (χ0v) is 24.7. The molecule has 3 aliphatic rings. The molecule has 3 saturated heterocycles. The van der Waals surface area contributed by atoms with E-state index in [-0.39, 0.29) is 30.1 Å². The topological polar surface area (TPSA) is 83.6 Å². The summed E-state index contributed by atoms with van der Waals surface area (Å²) in [7, 11) is 1.40. The van der Waals surface area contributed by atoms with Gasteiger partial charge in [0.1, 0.15) is 11.5 Å². The largest absolute Gasteiger partial charge is 0.457 e. The lowest BCUT2D eigenvalue weighted by Crippen LogP contribution is -2.48. The second kappa shape index (κ2) is 13.6. The summed E-state index contributed by atoms with van der Waals surface area (Å²) in [5.74, 6) is 1.09. The molecule has 226 valence electrons. The van der Waals surface area contributed by atoms with Gasteiger partial charge in [-0.2, -0.15) is 0 Å². The molecule has 3 aromatic carbocycles. The summed E-state index contributed by atoms with van der Waals surface area (Å²) >= 11 is 0. The first-order valence-corrected chi connectivity index (χ1v) is 15.2. The van der Waals surface area contributed by atoms with Crippen LogP contribution in [0.2, 0.25) is 0 Å². The van der Waals surface area contributed by atoms with Crippen LogP contribution in [0.3, 0.4) is 0 Å². The van der Waals surface area contributed by atoms with Crippen molar-refractivity contribution in [2.75, 3.05) is 40.0 Å². The highest BCUT2D eigenvalue weighted by molar-refractivity contribution is 5.93. The van der Waals surface area contributed by atoms with E-state index in [1.165, 1.54) is 18.2 Å². The van der Waals surface area contributed by atoms with Gasteiger partial charge in [0.15, 0.2) is 0 Å². The van der Waals surface area contributed by atoms with Gasteiger partial charge in [0.25, 0.3) is 5.91 Å². The summed E-state index contributed by atoms with van der Waals surface area (Å²) in [6.07, 6.45) is 3.78. The maximum absolute atomic E-state index is 13.9. The summed E-state index contributed by atoms with van der Waals surface area (Å²) in [5.41, 5.74) is 5.25. The number of nitrogens with one attached hydrogen (secondary N) is 1. The lowest BCUT2D eigenvalue weighted by atomic mass is 9.98. The van der Waals surface area contributed by atoms with Crippen LogP contribution in [0.15, 0.2) is 78.9 Å². The molecule has 3 aromatic rings. The van der Waals surface area contributed by atoms with Crippen molar-refractivity contribution in [2.24, 2.45) is 0 Å². The molecule has 3 heterocycles. The van der Waals surface area contributed by atoms with Gasteiger partial charge in [-0.3, -0.25) is 14.5 Å². The third-order valence-electron chi connectivity index (χ3n) is 8.81. The summed E-state index contributed by atoms with van der Waals surface area (Å²) < 4.78 is 11.6. The van der Waals surface area contributed by atoms with Crippen molar-refractivity contribution in [3.8, 4) is 11.5 Å². The molecular weight excluding hydrogens is 544 g/mol. The average molecular weight is 585 g/mol. The molecule has 3 fully saturated rings. The molecule has 9 heteroatoms. The third-order valence-corrected chi connectivity index (χ3v) is 8.81. The molecule has 3 amide bonds. The highest BCUT2D eigenvalue weighted by Crippen LogP contribution is 2.37. The zero-order chi connectivity index (χ0) is 29.6. The fourth-order valence-corrected chi connectivity index (χ4v) is 6.53. The van der Waals surface area contributed by atoms with Crippen molar-refractivity contribution in [3.63, 3.8) is 0 Å².